The minimum Gasteiger partial charge on any atom is -0.444 e. The summed E-state index contributed by atoms with van der Waals surface area (Å²) in [6.45, 7) is 6.30. The lowest BCUT2D eigenvalue weighted by atomic mass is 10.1. The number of hydrogen-bond donors (Lipinski definition) is 0. The molecule has 0 aliphatic heterocycles. The fourth-order valence-electron chi connectivity index (χ4n) is 3.26. The van der Waals surface area contributed by atoms with Crippen LogP contribution in [-0.4, -0.2) is 16.6 Å². The van der Waals surface area contributed by atoms with Crippen molar-refractivity contribution in [1.29, 1.82) is 0 Å². The van der Waals surface area contributed by atoms with Gasteiger partial charge in [0, 0.05) is 6.54 Å². The number of rotatable bonds is 3. The van der Waals surface area contributed by atoms with Gasteiger partial charge in [-0.05, 0) is 50.3 Å². The molecule has 3 rings (SSSR count). The third kappa shape index (κ3) is 3.78. The van der Waals surface area contributed by atoms with Crippen LogP contribution in [0.15, 0.2) is 54.6 Å². The highest BCUT2D eigenvalue weighted by Crippen LogP contribution is 2.37. The molecule has 0 bridgehead atoms. The second-order valence-corrected chi connectivity index (χ2v) is 7.35. The van der Waals surface area contributed by atoms with Gasteiger partial charge in [-0.15, -0.1) is 0 Å². The largest absolute Gasteiger partial charge is 0.444 e. The summed E-state index contributed by atoms with van der Waals surface area (Å²) < 4.78 is 5.69. The number of hydrogen-bond acceptors (Lipinski definition) is 2. The van der Waals surface area contributed by atoms with Crippen LogP contribution in [0.4, 0.5) is 4.79 Å². The van der Waals surface area contributed by atoms with Crippen LogP contribution < -0.4 is 0 Å². The molecule has 24 heavy (non-hydrogen) atoms. The molecule has 0 radical (unpaired) electrons. The minimum atomic E-state index is -0.496. The summed E-state index contributed by atoms with van der Waals surface area (Å²) in [6.07, 6.45) is 1.72. The Bertz CT molecular complexity index is 703. The summed E-state index contributed by atoms with van der Waals surface area (Å²) in [7, 11) is 0. The van der Waals surface area contributed by atoms with Crippen LogP contribution in [0.2, 0.25) is 0 Å². The highest BCUT2D eigenvalue weighted by molar-refractivity contribution is 5.69. The summed E-state index contributed by atoms with van der Waals surface area (Å²) in [5.41, 5.74) is 3.21. The Kier molecular flexibility index (Phi) is 4.61. The average Bonchev–Trinajstić information content (AvgIpc) is 2.96. The summed E-state index contributed by atoms with van der Waals surface area (Å²) in [6, 6.07) is 18.6. The molecule has 1 aliphatic rings. The maximum atomic E-state index is 12.9. The Morgan fingerprint density at radius 1 is 1.08 bits per heavy atom. The van der Waals surface area contributed by atoms with Gasteiger partial charge in [-0.1, -0.05) is 54.6 Å². The molecule has 0 unspecified atom stereocenters. The van der Waals surface area contributed by atoms with Crippen molar-refractivity contribution in [1.82, 2.24) is 4.90 Å². The van der Waals surface area contributed by atoms with Gasteiger partial charge in [0.15, 0.2) is 0 Å². The molecule has 126 valence electrons. The fourth-order valence-corrected chi connectivity index (χ4v) is 3.26. The van der Waals surface area contributed by atoms with Gasteiger partial charge < -0.3 is 4.74 Å². The first-order valence-electron chi connectivity index (χ1n) is 8.55. The number of aryl methyl sites for hydroxylation is 1. The molecule has 3 nitrogen and oxygen atoms in total. The Morgan fingerprint density at radius 3 is 2.46 bits per heavy atom. The van der Waals surface area contributed by atoms with Crippen LogP contribution in [0.5, 0.6) is 0 Å². The number of carbonyl (C=O) groups excluding carboxylic acids is 1. The summed E-state index contributed by atoms with van der Waals surface area (Å²) in [5.74, 6) is 0. The smallest absolute Gasteiger partial charge is 0.411 e. The number of nitrogens with zero attached hydrogens (tertiary/aromatic N) is 1. The number of ether oxygens (including phenoxy) is 1. The molecule has 2 aromatic carbocycles. The van der Waals surface area contributed by atoms with Crippen LogP contribution in [0.1, 0.15) is 49.9 Å². The second kappa shape index (κ2) is 6.68. The van der Waals surface area contributed by atoms with Crippen LogP contribution >= 0.6 is 0 Å². The van der Waals surface area contributed by atoms with E-state index in [2.05, 4.69) is 30.3 Å². The molecule has 0 spiro atoms. The molecule has 0 saturated carbocycles. The molecule has 1 amide bonds. The van der Waals surface area contributed by atoms with E-state index in [4.69, 9.17) is 4.74 Å². The quantitative estimate of drug-likeness (QED) is 0.785. The molecule has 0 heterocycles. The monoisotopic (exact) mass is 323 g/mol. The standard InChI is InChI=1S/C21H25NO2/c1-21(2,3)24-20(23)22(15-16-9-5-4-6-10-16)19-14-13-17-11-7-8-12-18(17)19/h4-12,19H,13-15H2,1-3H3/t19-/m1/s1. The van der Waals surface area contributed by atoms with E-state index in [0.717, 1.165) is 18.4 Å². The first-order chi connectivity index (χ1) is 11.4. The third-order valence-corrected chi connectivity index (χ3v) is 4.30. The van der Waals surface area contributed by atoms with Crippen LogP contribution in [-0.2, 0) is 17.7 Å². The van der Waals surface area contributed by atoms with E-state index in [1.165, 1.54) is 11.1 Å². The Labute approximate surface area is 144 Å². The van der Waals surface area contributed by atoms with Crippen LogP contribution in [0.25, 0.3) is 0 Å². The summed E-state index contributed by atoms with van der Waals surface area (Å²) in [4.78, 5) is 14.7. The molecule has 0 saturated heterocycles. The van der Waals surface area contributed by atoms with Crippen LogP contribution in [0, 0.1) is 0 Å². The van der Waals surface area contributed by atoms with Crippen molar-refractivity contribution in [2.24, 2.45) is 0 Å². The van der Waals surface area contributed by atoms with Gasteiger partial charge in [-0.2, -0.15) is 0 Å². The zero-order valence-corrected chi connectivity index (χ0v) is 14.7. The van der Waals surface area contributed by atoms with Gasteiger partial charge in [0.2, 0.25) is 0 Å². The zero-order valence-electron chi connectivity index (χ0n) is 14.7. The molecule has 2 aromatic rings. The van der Waals surface area contributed by atoms with Crippen molar-refractivity contribution >= 4 is 6.09 Å². The van der Waals surface area contributed by atoms with E-state index in [9.17, 15) is 4.79 Å². The molecule has 0 N–H and O–H groups in total. The van der Waals surface area contributed by atoms with E-state index in [-0.39, 0.29) is 12.1 Å². The van der Waals surface area contributed by atoms with Crippen molar-refractivity contribution in [2.45, 2.75) is 51.8 Å². The number of carbonyl (C=O) groups is 1. The van der Waals surface area contributed by atoms with Crippen molar-refractivity contribution < 1.29 is 9.53 Å². The average molecular weight is 323 g/mol. The van der Waals surface area contributed by atoms with E-state index in [1.54, 1.807) is 0 Å². The minimum absolute atomic E-state index is 0.0799. The van der Waals surface area contributed by atoms with Crippen molar-refractivity contribution in [2.75, 3.05) is 0 Å². The second-order valence-electron chi connectivity index (χ2n) is 7.35. The van der Waals surface area contributed by atoms with E-state index in [0.29, 0.717) is 6.54 Å². The molecule has 0 aromatic heterocycles. The lowest BCUT2D eigenvalue weighted by molar-refractivity contribution is 0.0137. The molecule has 3 heteroatoms. The van der Waals surface area contributed by atoms with Gasteiger partial charge >= 0.3 is 6.09 Å². The molecular weight excluding hydrogens is 298 g/mol. The summed E-state index contributed by atoms with van der Waals surface area (Å²) >= 11 is 0. The van der Waals surface area contributed by atoms with Crippen molar-refractivity contribution in [3.63, 3.8) is 0 Å². The molecule has 0 fully saturated rings. The summed E-state index contributed by atoms with van der Waals surface area (Å²) in [5, 5.41) is 0. The lowest BCUT2D eigenvalue weighted by Crippen LogP contribution is -2.38. The molecule has 1 aliphatic carbocycles. The predicted octanol–water partition coefficient (Wildman–Crippen LogP) is 5.11. The SMILES string of the molecule is CC(C)(C)OC(=O)N(Cc1ccccc1)[C@@H]1CCc2ccccc21. The maximum absolute atomic E-state index is 12.9. The topological polar surface area (TPSA) is 29.5 Å². The Hall–Kier alpha value is -2.29. The van der Waals surface area contributed by atoms with Crippen molar-refractivity contribution in [3.8, 4) is 0 Å². The maximum Gasteiger partial charge on any atom is 0.411 e. The van der Waals surface area contributed by atoms with Gasteiger partial charge in [-0.25, -0.2) is 4.79 Å². The Balaban J connectivity index is 1.89. The lowest BCUT2D eigenvalue weighted by Gasteiger charge is -2.32. The number of fused-ring (bicyclic) bond motifs is 1. The van der Waals surface area contributed by atoms with E-state index < -0.39 is 5.60 Å². The van der Waals surface area contributed by atoms with Gasteiger partial charge in [0.1, 0.15) is 5.60 Å². The molecular formula is C21H25NO2. The van der Waals surface area contributed by atoms with Crippen molar-refractivity contribution in [3.05, 3.63) is 71.3 Å². The van der Waals surface area contributed by atoms with Gasteiger partial charge in [0.05, 0.1) is 6.04 Å². The predicted molar refractivity (Wildman–Crippen MR) is 95.7 cm³/mol. The fraction of sp³-hybridized carbons (Fsp3) is 0.381. The zero-order chi connectivity index (χ0) is 17.2. The normalized spacial score (nSPS) is 16.5. The van der Waals surface area contributed by atoms with Gasteiger partial charge in [-0.3, -0.25) is 4.90 Å². The highest BCUT2D eigenvalue weighted by Gasteiger charge is 2.33. The molecule has 1 atom stereocenters. The van der Waals surface area contributed by atoms with E-state index >= 15 is 0 Å². The first-order valence-corrected chi connectivity index (χ1v) is 8.55. The number of benzene rings is 2. The van der Waals surface area contributed by atoms with Gasteiger partial charge in [0.25, 0.3) is 0 Å². The highest BCUT2D eigenvalue weighted by atomic mass is 16.6. The third-order valence-electron chi connectivity index (χ3n) is 4.30. The Morgan fingerprint density at radius 2 is 1.75 bits per heavy atom. The van der Waals surface area contributed by atoms with E-state index in [1.807, 2.05) is 49.9 Å². The first kappa shape index (κ1) is 16.6. The van der Waals surface area contributed by atoms with Crippen LogP contribution in [0.3, 0.4) is 0 Å². The number of amides is 1.